The van der Waals surface area contributed by atoms with Gasteiger partial charge in [0.2, 0.25) is 0 Å². The quantitative estimate of drug-likeness (QED) is 0.878. The summed E-state index contributed by atoms with van der Waals surface area (Å²) in [4.78, 5) is 0.706. The van der Waals surface area contributed by atoms with Crippen molar-refractivity contribution >= 4 is 15.6 Å². The van der Waals surface area contributed by atoms with Gasteiger partial charge in [-0.1, -0.05) is 32.9 Å². The zero-order chi connectivity index (χ0) is 14.8. The smallest absolute Gasteiger partial charge is 0.118 e. The van der Waals surface area contributed by atoms with Crippen LogP contribution in [-0.2, 0) is 21.7 Å². The molecular weight excluding hydrogens is 270 g/mol. The van der Waals surface area contributed by atoms with Crippen molar-refractivity contribution in [3.05, 3.63) is 54.0 Å². The lowest BCUT2D eigenvalue weighted by Crippen LogP contribution is -2.23. The van der Waals surface area contributed by atoms with E-state index in [9.17, 15) is 4.21 Å². The number of rotatable bonds is 4. The van der Waals surface area contributed by atoms with E-state index in [1.165, 1.54) is 5.56 Å². The van der Waals surface area contributed by atoms with Gasteiger partial charge in [0.1, 0.15) is 5.76 Å². The number of nitrogens with one attached hydrogen (secondary N) is 1. The Balaban J connectivity index is 2.13. The molecule has 1 aromatic heterocycles. The lowest BCUT2D eigenvalue weighted by Gasteiger charge is -2.19. The maximum absolute atomic E-state index is 12.6. The van der Waals surface area contributed by atoms with Crippen molar-refractivity contribution in [2.45, 2.75) is 37.6 Å². The van der Waals surface area contributed by atoms with E-state index in [1.807, 2.05) is 30.3 Å². The Bertz CT molecular complexity index is 648. The normalized spacial score (nSPS) is 14.9. The summed E-state index contributed by atoms with van der Waals surface area (Å²) in [6, 6.07) is 11.4. The van der Waals surface area contributed by atoms with Crippen molar-refractivity contribution < 1.29 is 8.63 Å². The zero-order valence-electron chi connectivity index (χ0n) is 12.2. The van der Waals surface area contributed by atoms with E-state index in [0.29, 0.717) is 11.4 Å². The highest BCUT2D eigenvalue weighted by Crippen LogP contribution is 2.23. The van der Waals surface area contributed by atoms with Gasteiger partial charge in [0.15, 0.2) is 0 Å². The molecule has 0 saturated carbocycles. The first-order chi connectivity index (χ1) is 9.29. The Morgan fingerprint density at radius 3 is 2.35 bits per heavy atom. The van der Waals surface area contributed by atoms with Crippen LogP contribution in [0.25, 0.3) is 0 Å². The van der Waals surface area contributed by atoms with Crippen LogP contribution in [0.1, 0.15) is 32.1 Å². The molecule has 0 aliphatic heterocycles. The van der Waals surface area contributed by atoms with E-state index in [0.717, 1.165) is 5.76 Å². The van der Waals surface area contributed by atoms with Crippen LogP contribution in [0, 0.1) is 0 Å². The summed E-state index contributed by atoms with van der Waals surface area (Å²) >= 11 is 0. The van der Waals surface area contributed by atoms with Gasteiger partial charge in [0.25, 0.3) is 0 Å². The molecule has 0 radical (unpaired) electrons. The molecule has 1 N–H and O–H groups in total. The van der Waals surface area contributed by atoms with Crippen molar-refractivity contribution in [1.82, 2.24) is 4.72 Å². The second-order valence-corrected chi connectivity index (χ2v) is 7.96. The number of hydrogen-bond donors (Lipinski definition) is 1. The average Bonchev–Trinajstić information content (AvgIpc) is 2.89. The Kier molecular flexibility index (Phi) is 4.06. The topological polar surface area (TPSA) is 42.2 Å². The Labute approximate surface area is 121 Å². The van der Waals surface area contributed by atoms with Gasteiger partial charge in [0.05, 0.1) is 22.5 Å². The first-order valence-electron chi connectivity index (χ1n) is 6.54. The highest BCUT2D eigenvalue weighted by atomic mass is 32.2. The summed E-state index contributed by atoms with van der Waals surface area (Å²) in [6.45, 7) is 6.85. The van der Waals surface area contributed by atoms with Crippen LogP contribution >= 0.6 is 0 Å². The summed E-state index contributed by atoms with van der Waals surface area (Å²) in [5, 5.41) is 0. The van der Waals surface area contributed by atoms with Gasteiger partial charge in [-0.2, -0.15) is 0 Å². The van der Waals surface area contributed by atoms with E-state index in [1.54, 1.807) is 12.3 Å². The number of furan rings is 1. The highest BCUT2D eigenvalue weighted by molar-refractivity contribution is 7.98. The van der Waals surface area contributed by atoms with Gasteiger partial charge in [-0.25, -0.2) is 8.93 Å². The maximum Gasteiger partial charge on any atom is 0.118 e. The molecule has 108 valence electrons. The van der Waals surface area contributed by atoms with Gasteiger partial charge in [-0.05, 0) is 41.1 Å². The molecule has 0 spiro atoms. The van der Waals surface area contributed by atoms with E-state index in [2.05, 4.69) is 31.4 Å². The van der Waals surface area contributed by atoms with Crippen LogP contribution in [0.15, 0.2) is 52.0 Å². The standard InChI is InChI=1S/C16H21NO2S/c1-16(2,3)13-7-9-15(10-8-13)20(4,18)17-12-14-6-5-11-19-14/h5-11H,4,12H2,1-3H3,(H,17,18). The number of benzene rings is 1. The summed E-state index contributed by atoms with van der Waals surface area (Å²) in [7, 11) is -2.51. The van der Waals surface area contributed by atoms with E-state index >= 15 is 0 Å². The van der Waals surface area contributed by atoms with Crippen LogP contribution < -0.4 is 4.72 Å². The largest absolute Gasteiger partial charge is 0.468 e. The molecule has 1 heterocycles. The molecule has 0 aliphatic rings. The highest BCUT2D eigenvalue weighted by Gasteiger charge is 2.14. The first kappa shape index (κ1) is 14.9. The van der Waals surface area contributed by atoms with Gasteiger partial charge in [-0.15, -0.1) is 0 Å². The lowest BCUT2D eigenvalue weighted by atomic mass is 9.87. The lowest BCUT2D eigenvalue weighted by molar-refractivity contribution is 0.504. The molecule has 1 aromatic carbocycles. The fourth-order valence-electron chi connectivity index (χ4n) is 1.86. The maximum atomic E-state index is 12.6. The van der Waals surface area contributed by atoms with Crippen LogP contribution in [0.4, 0.5) is 0 Å². The van der Waals surface area contributed by atoms with Gasteiger partial charge >= 0.3 is 0 Å². The fraction of sp³-hybridized carbons (Fsp3) is 0.312. The second-order valence-electron chi connectivity index (χ2n) is 5.85. The van der Waals surface area contributed by atoms with E-state index in [4.69, 9.17) is 4.42 Å². The molecule has 2 aromatic rings. The Morgan fingerprint density at radius 1 is 1.20 bits per heavy atom. The predicted octanol–water partition coefficient (Wildman–Crippen LogP) is 3.36. The zero-order valence-corrected chi connectivity index (χ0v) is 13.0. The second kappa shape index (κ2) is 5.46. The van der Waals surface area contributed by atoms with Crippen molar-refractivity contribution in [2.24, 2.45) is 0 Å². The summed E-state index contributed by atoms with van der Waals surface area (Å²) in [5.74, 6) is 4.55. The molecule has 0 fully saturated rings. The molecule has 0 saturated heterocycles. The summed E-state index contributed by atoms with van der Waals surface area (Å²) in [5.41, 5.74) is 1.30. The summed E-state index contributed by atoms with van der Waals surface area (Å²) < 4.78 is 20.8. The molecule has 0 bridgehead atoms. The van der Waals surface area contributed by atoms with Crippen LogP contribution in [-0.4, -0.2) is 10.1 Å². The van der Waals surface area contributed by atoms with Gasteiger partial charge in [0, 0.05) is 4.90 Å². The first-order valence-corrected chi connectivity index (χ1v) is 8.26. The van der Waals surface area contributed by atoms with Crippen molar-refractivity contribution in [1.29, 1.82) is 0 Å². The fourth-order valence-corrected chi connectivity index (χ4v) is 2.98. The molecule has 0 amide bonds. The van der Waals surface area contributed by atoms with E-state index in [-0.39, 0.29) is 5.41 Å². The molecule has 20 heavy (non-hydrogen) atoms. The van der Waals surface area contributed by atoms with E-state index < -0.39 is 9.71 Å². The SMILES string of the molecule is C=S(=O)(NCc1ccco1)c1ccc(C(C)(C)C)cc1. The summed E-state index contributed by atoms with van der Waals surface area (Å²) in [6.07, 6.45) is 1.60. The average molecular weight is 291 g/mol. The van der Waals surface area contributed by atoms with Gasteiger partial charge < -0.3 is 4.42 Å². The third-order valence-electron chi connectivity index (χ3n) is 3.16. The van der Waals surface area contributed by atoms with Gasteiger partial charge in [-0.3, -0.25) is 0 Å². The molecule has 4 heteroatoms. The minimum atomic E-state index is -2.51. The molecule has 3 nitrogen and oxygen atoms in total. The third kappa shape index (κ3) is 3.52. The van der Waals surface area contributed by atoms with Crippen molar-refractivity contribution in [2.75, 3.05) is 0 Å². The minimum absolute atomic E-state index is 0.0855. The minimum Gasteiger partial charge on any atom is -0.468 e. The van der Waals surface area contributed by atoms with Crippen LogP contribution in [0.5, 0.6) is 0 Å². The Morgan fingerprint density at radius 2 is 1.85 bits per heavy atom. The third-order valence-corrected chi connectivity index (χ3v) is 4.81. The van der Waals surface area contributed by atoms with Crippen LogP contribution in [0.2, 0.25) is 0 Å². The Hall–Kier alpha value is -1.52. The number of hydrogen-bond acceptors (Lipinski definition) is 2. The van der Waals surface area contributed by atoms with Crippen molar-refractivity contribution in [3.63, 3.8) is 0 Å². The molecule has 0 aliphatic carbocycles. The van der Waals surface area contributed by atoms with Crippen molar-refractivity contribution in [3.8, 4) is 0 Å². The molecule has 1 atom stereocenters. The molecular formula is C16H21NO2S. The van der Waals surface area contributed by atoms with Crippen LogP contribution in [0.3, 0.4) is 0 Å². The molecule has 1 unspecified atom stereocenters. The molecule has 2 rings (SSSR count). The monoisotopic (exact) mass is 291 g/mol. The predicted molar refractivity (Wildman–Crippen MR) is 84.2 cm³/mol.